The molecule has 0 unspecified atom stereocenters. The minimum atomic E-state index is -0.563. The van der Waals surface area contributed by atoms with Crippen molar-refractivity contribution in [2.24, 2.45) is 5.73 Å². The first-order valence-corrected chi connectivity index (χ1v) is 9.55. The molecule has 3 N–H and O–H groups in total. The lowest BCUT2D eigenvalue weighted by Crippen LogP contribution is -2.17. The SMILES string of the molecule is Cc1ccsc1C(=O)Nc1csc(-c2ccc(Br)cc2)c1C(N)=O. The third-order valence-corrected chi connectivity index (χ3v) is 6.03. The van der Waals surface area contributed by atoms with E-state index in [9.17, 15) is 9.59 Å². The molecule has 2 amide bonds. The molecule has 0 aliphatic carbocycles. The van der Waals surface area contributed by atoms with Crippen LogP contribution < -0.4 is 11.1 Å². The van der Waals surface area contributed by atoms with E-state index in [1.165, 1.54) is 22.7 Å². The number of halogens is 1. The van der Waals surface area contributed by atoms with Crippen LogP contribution in [0.1, 0.15) is 25.6 Å². The zero-order chi connectivity index (χ0) is 17.3. The molecule has 0 atom stereocenters. The van der Waals surface area contributed by atoms with Gasteiger partial charge in [-0.1, -0.05) is 28.1 Å². The number of rotatable bonds is 4. The Hall–Kier alpha value is -1.96. The van der Waals surface area contributed by atoms with E-state index in [0.717, 1.165) is 20.5 Å². The first-order valence-electron chi connectivity index (χ1n) is 7.00. The molecule has 3 aromatic rings. The zero-order valence-corrected chi connectivity index (χ0v) is 15.8. The van der Waals surface area contributed by atoms with Crippen molar-refractivity contribution in [1.82, 2.24) is 0 Å². The Labute approximate surface area is 155 Å². The van der Waals surface area contributed by atoms with Crippen LogP contribution in [-0.2, 0) is 0 Å². The van der Waals surface area contributed by atoms with Gasteiger partial charge in [-0.15, -0.1) is 22.7 Å². The van der Waals surface area contributed by atoms with Crippen molar-refractivity contribution in [1.29, 1.82) is 0 Å². The number of hydrogen-bond donors (Lipinski definition) is 2. The first-order chi connectivity index (χ1) is 11.5. The Kier molecular flexibility index (Phi) is 4.84. The smallest absolute Gasteiger partial charge is 0.266 e. The van der Waals surface area contributed by atoms with Crippen molar-refractivity contribution in [2.75, 3.05) is 5.32 Å². The lowest BCUT2D eigenvalue weighted by Gasteiger charge is -2.06. The van der Waals surface area contributed by atoms with Gasteiger partial charge in [-0.3, -0.25) is 9.59 Å². The van der Waals surface area contributed by atoms with E-state index in [0.29, 0.717) is 16.1 Å². The third-order valence-electron chi connectivity index (χ3n) is 3.46. The van der Waals surface area contributed by atoms with Crippen molar-refractivity contribution in [3.8, 4) is 10.4 Å². The molecule has 0 radical (unpaired) electrons. The normalized spacial score (nSPS) is 10.6. The maximum atomic E-state index is 12.4. The highest BCUT2D eigenvalue weighted by molar-refractivity contribution is 9.10. The van der Waals surface area contributed by atoms with Crippen LogP contribution in [0.5, 0.6) is 0 Å². The first kappa shape index (κ1) is 16.9. The number of amides is 2. The van der Waals surface area contributed by atoms with E-state index in [2.05, 4.69) is 21.2 Å². The largest absolute Gasteiger partial charge is 0.365 e. The number of hydrogen-bond acceptors (Lipinski definition) is 4. The van der Waals surface area contributed by atoms with Gasteiger partial charge in [0.25, 0.3) is 11.8 Å². The van der Waals surface area contributed by atoms with Gasteiger partial charge in [0.15, 0.2) is 0 Å². The van der Waals surface area contributed by atoms with Crippen LogP contribution in [0.4, 0.5) is 5.69 Å². The highest BCUT2D eigenvalue weighted by Crippen LogP contribution is 2.36. The Morgan fingerprint density at radius 3 is 2.42 bits per heavy atom. The Morgan fingerprint density at radius 1 is 1.12 bits per heavy atom. The number of aryl methyl sites for hydroxylation is 1. The lowest BCUT2D eigenvalue weighted by molar-refractivity contribution is 0.100. The van der Waals surface area contributed by atoms with Crippen LogP contribution in [0.25, 0.3) is 10.4 Å². The summed E-state index contributed by atoms with van der Waals surface area (Å²) >= 11 is 6.13. The molecule has 0 aliphatic rings. The van der Waals surface area contributed by atoms with Gasteiger partial charge in [-0.05, 0) is 41.6 Å². The van der Waals surface area contributed by atoms with Gasteiger partial charge in [0.05, 0.1) is 16.1 Å². The topological polar surface area (TPSA) is 72.2 Å². The van der Waals surface area contributed by atoms with E-state index in [-0.39, 0.29) is 5.91 Å². The number of nitrogens with one attached hydrogen (secondary N) is 1. The Bertz CT molecular complexity index is 913. The molecule has 0 saturated carbocycles. The number of carbonyl (C=O) groups is 2. The number of primary amides is 1. The molecular weight excluding hydrogens is 408 g/mol. The van der Waals surface area contributed by atoms with E-state index >= 15 is 0 Å². The van der Waals surface area contributed by atoms with Crippen molar-refractivity contribution < 1.29 is 9.59 Å². The van der Waals surface area contributed by atoms with E-state index in [4.69, 9.17) is 5.73 Å². The fraction of sp³-hybridized carbons (Fsp3) is 0.0588. The molecule has 0 spiro atoms. The molecule has 0 saturated heterocycles. The summed E-state index contributed by atoms with van der Waals surface area (Å²) in [6, 6.07) is 9.48. The van der Waals surface area contributed by atoms with Crippen LogP contribution in [0.2, 0.25) is 0 Å². The van der Waals surface area contributed by atoms with Crippen molar-refractivity contribution in [3.63, 3.8) is 0 Å². The minimum absolute atomic E-state index is 0.231. The Balaban J connectivity index is 1.98. The predicted molar refractivity (Wildman–Crippen MR) is 103 cm³/mol. The molecule has 0 aliphatic heterocycles. The summed E-state index contributed by atoms with van der Waals surface area (Å²) in [5.41, 5.74) is 8.13. The fourth-order valence-electron chi connectivity index (χ4n) is 2.29. The molecule has 2 aromatic heterocycles. The van der Waals surface area contributed by atoms with E-state index in [1.807, 2.05) is 42.6 Å². The van der Waals surface area contributed by atoms with Crippen molar-refractivity contribution in [3.05, 3.63) is 61.6 Å². The second-order valence-corrected chi connectivity index (χ2v) is 7.82. The summed E-state index contributed by atoms with van der Waals surface area (Å²) in [7, 11) is 0. The molecule has 0 bridgehead atoms. The maximum absolute atomic E-state index is 12.4. The maximum Gasteiger partial charge on any atom is 0.266 e. The minimum Gasteiger partial charge on any atom is -0.365 e. The van der Waals surface area contributed by atoms with Crippen LogP contribution in [0, 0.1) is 6.92 Å². The highest BCUT2D eigenvalue weighted by Gasteiger charge is 2.21. The molecule has 1 aromatic carbocycles. The van der Waals surface area contributed by atoms with Gasteiger partial charge in [0, 0.05) is 14.7 Å². The number of nitrogens with two attached hydrogens (primary N) is 1. The summed E-state index contributed by atoms with van der Waals surface area (Å²) in [5, 5.41) is 6.42. The molecular formula is C17H13BrN2O2S2. The zero-order valence-electron chi connectivity index (χ0n) is 12.6. The number of benzene rings is 1. The molecule has 3 rings (SSSR count). The van der Waals surface area contributed by atoms with Crippen molar-refractivity contribution in [2.45, 2.75) is 6.92 Å². The number of thiophene rings is 2. The number of carbonyl (C=O) groups excluding carboxylic acids is 2. The summed E-state index contributed by atoms with van der Waals surface area (Å²) < 4.78 is 0.949. The fourth-order valence-corrected chi connectivity index (χ4v) is 4.39. The average molecular weight is 421 g/mol. The molecule has 4 nitrogen and oxygen atoms in total. The third kappa shape index (κ3) is 3.28. The van der Waals surface area contributed by atoms with Gasteiger partial charge in [-0.2, -0.15) is 0 Å². The Morgan fingerprint density at radius 2 is 1.83 bits per heavy atom. The monoisotopic (exact) mass is 420 g/mol. The summed E-state index contributed by atoms with van der Waals surface area (Å²) in [5.74, 6) is -0.794. The second kappa shape index (κ2) is 6.88. The molecule has 2 heterocycles. The van der Waals surface area contributed by atoms with Crippen LogP contribution in [0.3, 0.4) is 0 Å². The van der Waals surface area contributed by atoms with Gasteiger partial charge < -0.3 is 11.1 Å². The summed E-state index contributed by atoms with van der Waals surface area (Å²) in [6.45, 7) is 1.88. The van der Waals surface area contributed by atoms with Crippen LogP contribution >= 0.6 is 38.6 Å². The van der Waals surface area contributed by atoms with E-state index < -0.39 is 5.91 Å². The molecule has 24 heavy (non-hydrogen) atoms. The average Bonchev–Trinajstić information content (AvgIpc) is 3.14. The molecule has 0 fully saturated rings. The van der Waals surface area contributed by atoms with Gasteiger partial charge in [0.1, 0.15) is 0 Å². The number of anilines is 1. The standard InChI is InChI=1S/C17H13BrN2O2S2/c1-9-6-7-23-14(9)17(22)20-12-8-24-15(13(12)16(19)21)10-2-4-11(18)5-3-10/h2-8H,1H3,(H2,19,21)(H,20,22). The second-order valence-electron chi connectivity index (χ2n) is 5.11. The summed E-state index contributed by atoms with van der Waals surface area (Å²) in [4.78, 5) is 25.7. The van der Waals surface area contributed by atoms with Gasteiger partial charge in [-0.25, -0.2) is 0 Å². The van der Waals surface area contributed by atoms with Crippen molar-refractivity contribution >= 4 is 56.1 Å². The van der Waals surface area contributed by atoms with Gasteiger partial charge >= 0.3 is 0 Å². The molecule has 122 valence electrons. The summed E-state index contributed by atoms with van der Waals surface area (Å²) in [6.07, 6.45) is 0. The van der Waals surface area contributed by atoms with Crippen LogP contribution in [-0.4, -0.2) is 11.8 Å². The van der Waals surface area contributed by atoms with Gasteiger partial charge in [0.2, 0.25) is 0 Å². The quantitative estimate of drug-likeness (QED) is 0.629. The van der Waals surface area contributed by atoms with E-state index in [1.54, 1.807) is 5.38 Å². The molecule has 7 heteroatoms. The highest BCUT2D eigenvalue weighted by atomic mass is 79.9. The lowest BCUT2D eigenvalue weighted by atomic mass is 10.1. The predicted octanol–water partition coefficient (Wildman–Crippen LogP) is 4.90. The van der Waals surface area contributed by atoms with Crippen LogP contribution in [0.15, 0.2) is 45.6 Å².